The molecule has 15 heavy (non-hydrogen) atoms. The fraction of sp³-hybridized carbons (Fsp3) is 0.333. The number of rotatable bonds is 4. The molecule has 0 saturated carbocycles. The van der Waals surface area contributed by atoms with Crippen LogP contribution in [0.5, 0.6) is 0 Å². The van der Waals surface area contributed by atoms with Gasteiger partial charge in [-0.2, -0.15) is 0 Å². The highest BCUT2D eigenvalue weighted by Gasteiger charge is 2.14. The standard InChI is InChI=1S/C12H15ClIN/c1-4-15-12(8(2)3)10-7-9(13)5-6-11(10)14/h5-7,12,15H,2,4H2,1,3H3. The molecule has 0 fully saturated rings. The maximum atomic E-state index is 6.00. The van der Waals surface area contributed by atoms with Gasteiger partial charge in [0.1, 0.15) is 0 Å². The summed E-state index contributed by atoms with van der Waals surface area (Å²) in [4.78, 5) is 0. The van der Waals surface area contributed by atoms with Crippen LogP contribution < -0.4 is 5.32 Å². The zero-order chi connectivity index (χ0) is 11.4. The van der Waals surface area contributed by atoms with Gasteiger partial charge in [0, 0.05) is 8.59 Å². The lowest BCUT2D eigenvalue weighted by Gasteiger charge is -2.20. The quantitative estimate of drug-likeness (QED) is 0.643. The first-order valence-corrected chi connectivity index (χ1v) is 6.35. The van der Waals surface area contributed by atoms with Crippen molar-refractivity contribution in [1.29, 1.82) is 0 Å². The molecule has 0 aliphatic rings. The predicted molar refractivity (Wildman–Crippen MR) is 75.4 cm³/mol. The van der Waals surface area contributed by atoms with E-state index in [4.69, 9.17) is 11.6 Å². The fourth-order valence-electron chi connectivity index (χ4n) is 1.49. The molecule has 1 atom stereocenters. The Labute approximate surface area is 110 Å². The predicted octanol–water partition coefficient (Wildman–Crippen LogP) is 4.17. The molecule has 1 rings (SSSR count). The van der Waals surface area contributed by atoms with E-state index in [9.17, 15) is 0 Å². The molecule has 1 aromatic rings. The van der Waals surface area contributed by atoms with Crippen LogP contribution in [-0.2, 0) is 0 Å². The summed E-state index contributed by atoms with van der Waals surface area (Å²) in [7, 11) is 0. The second-order valence-electron chi connectivity index (χ2n) is 3.50. The summed E-state index contributed by atoms with van der Waals surface area (Å²) < 4.78 is 1.21. The Bertz CT molecular complexity index is 363. The Balaban J connectivity index is 3.09. The Morgan fingerprint density at radius 2 is 2.27 bits per heavy atom. The maximum absolute atomic E-state index is 6.00. The van der Waals surface area contributed by atoms with Crippen LogP contribution >= 0.6 is 34.2 Å². The van der Waals surface area contributed by atoms with Crippen LogP contribution in [0.25, 0.3) is 0 Å². The Hall–Kier alpha value is -0.0600. The zero-order valence-corrected chi connectivity index (χ0v) is 11.9. The second kappa shape index (κ2) is 5.87. The van der Waals surface area contributed by atoms with E-state index in [1.165, 1.54) is 9.13 Å². The van der Waals surface area contributed by atoms with E-state index in [1.54, 1.807) is 0 Å². The number of halogens is 2. The maximum Gasteiger partial charge on any atom is 0.0541 e. The van der Waals surface area contributed by atoms with Gasteiger partial charge >= 0.3 is 0 Å². The summed E-state index contributed by atoms with van der Waals surface area (Å²) in [6.45, 7) is 9.05. The molecule has 0 bridgehead atoms. The molecule has 0 amide bonds. The normalized spacial score (nSPS) is 12.5. The third kappa shape index (κ3) is 3.47. The van der Waals surface area contributed by atoms with Crippen molar-refractivity contribution in [2.75, 3.05) is 6.54 Å². The van der Waals surface area contributed by atoms with Gasteiger partial charge in [0.2, 0.25) is 0 Å². The molecule has 1 N–H and O–H groups in total. The minimum atomic E-state index is 0.195. The van der Waals surface area contributed by atoms with Crippen LogP contribution in [-0.4, -0.2) is 6.54 Å². The number of benzene rings is 1. The lowest BCUT2D eigenvalue weighted by molar-refractivity contribution is 0.619. The van der Waals surface area contributed by atoms with Crippen molar-refractivity contribution in [1.82, 2.24) is 5.32 Å². The van der Waals surface area contributed by atoms with Gasteiger partial charge in [-0.05, 0) is 59.8 Å². The smallest absolute Gasteiger partial charge is 0.0541 e. The first-order chi connectivity index (χ1) is 7.06. The number of hydrogen-bond acceptors (Lipinski definition) is 1. The average molecular weight is 336 g/mol. The summed E-state index contributed by atoms with van der Waals surface area (Å²) in [5, 5.41) is 4.18. The summed E-state index contributed by atoms with van der Waals surface area (Å²) in [6, 6.07) is 6.14. The van der Waals surface area contributed by atoms with Gasteiger partial charge < -0.3 is 5.32 Å². The van der Waals surface area contributed by atoms with Crippen molar-refractivity contribution in [2.45, 2.75) is 19.9 Å². The lowest BCUT2D eigenvalue weighted by atomic mass is 10.0. The summed E-state index contributed by atoms with van der Waals surface area (Å²) in [5.41, 5.74) is 2.31. The number of nitrogens with one attached hydrogen (secondary N) is 1. The summed E-state index contributed by atoms with van der Waals surface area (Å²) >= 11 is 8.33. The molecule has 1 aromatic carbocycles. The minimum Gasteiger partial charge on any atom is -0.307 e. The van der Waals surface area contributed by atoms with Crippen LogP contribution in [0.1, 0.15) is 25.5 Å². The van der Waals surface area contributed by atoms with Gasteiger partial charge in [0.25, 0.3) is 0 Å². The molecule has 1 nitrogen and oxygen atoms in total. The fourth-order valence-corrected chi connectivity index (χ4v) is 2.32. The van der Waals surface area contributed by atoms with Crippen molar-refractivity contribution >= 4 is 34.2 Å². The van der Waals surface area contributed by atoms with Gasteiger partial charge in [0.15, 0.2) is 0 Å². The van der Waals surface area contributed by atoms with E-state index >= 15 is 0 Å². The summed E-state index contributed by atoms with van der Waals surface area (Å²) in [6.07, 6.45) is 0. The average Bonchev–Trinajstić information content (AvgIpc) is 2.18. The van der Waals surface area contributed by atoms with E-state index < -0.39 is 0 Å². The van der Waals surface area contributed by atoms with Crippen LogP contribution in [0.3, 0.4) is 0 Å². The Morgan fingerprint density at radius 1 is 1.60 bits per heavy atom. The zero-order valence-electron chi connectivity index (χ0n) is 8.98. The molecule has 0 aliphatic carbocycles. The van der Waals surface area contributed by atoms with Crippen molar-refractivity contribution in [3.63, 3.8) is 0 Å². The molecule has 1 unspecified atom stereocenters. The van der Waals surface area contributed by atoms with Crippen molar-refractivity contribution in [2.24, 2.45) is 0 Å². The van der Waals surface area contributed by atoms with Gasteiger partial charge in [-0.25, -0.2) is 0 Å². The lowest BCUT2D eigenvalue weighted by Crippen LogP contribution is -2.22. The second-order valence-corrected chi connectivity index (χ2v) is 5.10. The van der Waals surface area contributed by atoms with E-state index in [0.29, 0.717) is 0 Å². The van der Waals surface area contributed by atoms with E-state index in [0.717, 1.165) is 17.1 Å². The number of likely N-dealkylation sites (N-methyl/N-ethyl adjacent to an activating group) is 1. The van der Waals surface area contributed by atoms with Gasteiger partial charge in [-0.3, -0.25) is 0 Å². The van der Waals surface area contributed by atoms with Crippen LogP contribution in [0.15, 0.2) is 30.4 Å². The molecule has 0 radical (unpaired) electrons. The number of hydrogen-bond donors (Lipinski definition) is 1. The highest BCUT2D eigenvalue weighted by molar-refractivity contribution is 14.1. The van der Waals surface area contributed by atoms with Crippen LogP contribution in [0.2, 0.25) is 5.02 Å². The SMILES string of the molecule is C=C(C)C(NCC)c1cc(Cl)ccc1I. The molecule has 0 aliphatic heterocycles. The first-order valence-electron chi connectivity index (χ1n) is 4.90. The molecule has 0 heterocycles. The first kappa shape index (κ1) is 13.0. The van der Waals surface area contributed by atoms with Crippen LogP contribution in [0, 0.1) is 3.57 Å². The molecular formula is C12H15ClIN. The minimum absolute atomic E-state index is 0.195. The van der Waals surface area contributed by atoms with E-state index in [-0.39, 0.29) is 6.04 Å². The highest BCUT2D eigenvalue weighted by Crippen LogP contribution is 2.27. The third-order valence-corrected chi connectivity index (χ3v) is 3.39. The summed E-state index contributed by atoms with van der Waals surface area (Å²) in [5.74, 6) is 0. The molecule has 0 spiro atoms. The Kier molecular flexibility index (Phi) is 5.09. The topological polar surface area (TPSA) is 12.0 Å². The van der Waals surface area contributed by atoms with Crippen molar-refractivity contribution < 1.29 is 0 Å². The molecule has 0 saturated heterocycles. The van der Waals surface area contributed by atoms with Gasteiger partial charge in [-0.15, -0.1) is 0 Å². The van der Waals surface area contributed by atoms with E-state index in [1.807, 2.05) is 25.1 Å². The molecule has 3 heteroatoms. The Morgan fingerprint density at radius 3 is 2.80 bits per heavy atom. The van der Waals surface area contributed by atoms with E-state index in [2.05, 4.69) is 41.4 Å². The van der Waals surface area contributed by atoms with Crippen molar-refractivity contribution in [3.05, 3.63) is 44.5 Å². The van der Waals surface area contributed by atoms with Gasteiger partial charge in [-0.1, -0.05) is 30.7 Å². The molecule has 0 aromatic heterocycles. The third-order valence-electron chi connectivity index (χ3n) is 2.17. The van der Waals surface area contributed by atoms with Gasteiger partial charge in [0.05, 0.1) is 6.04 Å². The largest absolute Gasteiger partial charge is 0.307 e. The highest BCUT2D eigenvalue weighted by atomic mass is 127. The van der Waals surface area contributed by atoms with Crippen LogP contribution in [0.4, 0.5) is 0 Å². The molecular weight excluding hydrogens is 320 g/mol. The molecule has 82 valence electrons. The monoisotopic (exact) mass is 335 g/mol. The van der Waals surface area contributed by atoms with Crippen molar-refractivity contribution in [3.8, 4) is 0 Å².